The van der Waals surface area contributed by atoms with Crippen molar-refractivity contribution in [2.45, 2.75) is 31.4 Å². The van der Waals surface area contributed by atoms with Crippen molar-refractivity contribution in [3.05, 3.63) is 36.0 Å². The van der Waals surface area contributed by atoms with Crippen LogP contribution in [0.15, 0.2) is 30.5 Å². The molecule has 2 N–H and O–H groups in total. The second kappa shape index (κ2) is 6.35. The predicted molar refractivity (Wildman–Crippen MR) is 87.5 cm³/mol. The van der Waals surface area contributed by atoms with Crippen LogP contribution in [-0.4, -0.2) is 28.4 Å². The van der Waals surface area contributed by atoms with Crippen molar-refractivity contribution in [2.24, 2.45) is 0 Å². The number of aromatic nitrogens is 1. The quantitative estimate of drug-likeness (QED) is 0.849. The lowest BCUT2D eigenvalue weighted by Crippen LogP contribution is -2.39. The van der Waals surface area contributed by atoms with Gasteiger partial charge in [-0.25, -0.2) is 0 Å². The van der Waals surface area contributed by atoms with E-state index < -0.39 is 0 Å². The van der Waals surface area contributed by atoms with Crippen LogP contribution in [0.25, 0.3) is 10.9 Å². The number of rotatable bonds is 6. The molecule has 0 unspecified atom stereocenters. The van der Waals surface area contributed by atoms with Gasteiger partial charge < -0.3 is 10.3 Å². The van der Waals surface area contributed by atoms with Crippen LogP contribution in [0.4, 0.5) is 0 Å². The minimum atomic E-state index is 0.00257. The standard InChI is InChI=1S/C16H22N2OS/c1-4-16(5-2,20-3)11-18-15(19)13-10-17-14-9-7-6-8-12(13)14/h6-10,17H,4-5,11H2,1-3H3,(H,18,19). The molecular weight excluding hydrogens is 268 g/mol. The van der Waals surface area contributed by atoms with Crippen LogP contribution in [0.5, 0.6) is 0 Å². The summed E-state index contributed by atoms with van der Waals surface area (Å²) in [5.74, 6) is 0.00257. The number of carbonyl (C=O) groups excluding carboxylic acids is 1. The minimum absolute atomic E-state index is 0.00257. The molecule has 0 fully saturated rings. The zero-order valence-electron chi connectivity index (χ0n) is 12.3. The number of fused-ring (bicyclic) bond motifs is 1. The molecule has 0 bridgehead atoms. The van der Waals surface area contributed by atoms with E-state index in [1.807, 2.05) is 36.0 Å². The highest BCUT2D eigenvalue weighted by molar-refractivity contribution is 8.00. The maximum atomic E-state index is 12.4. The first kappa shape index (κ1) is 15.0. The summed E-state index contributed by atoms with van der Waals surface area (Å²) in [5.41, 5.74) is 1.72. The van der Waals surface area contributed by atoms with Crippen molar-refractivity contribution in [2.75, 3.05) is 12.8 Å². The highest BCUT2D eigenvalue weighted by atomic mass is 32.2. The number of benzene rings is 1. The van der Waals surface area contributed by atoms with E-state index in [0.29, 0.717) is 6.54 Å². The topological polar surface area (TPSA) is 44.9 Å². The summed E-state index contributed by atoms with van der Waals surface area (Å²) in [6.07, 6.45) is 6.02. The number of hydrogen-bond acceptors (Lipinski definition) is 2. The number of amides is 1. The molecule has 0 atom stereocenters. The van der Waals surface area contributed by atoms with Crippen molar-refractivity contribution in [3.63, 3.8) is 0 Å². The molecule has 0 aliphatic heterocycles. The summed E-state index contributed by atoms with van der Waals surface area (Å²) in [6.45, 7) is 5.06. The van der Waals surface area contributed by atoms with E-state index in [2.05, 4.69) is 30.4 Å². The van der Waals surface area contributed by atoms with Gasteiger partial charge in [-0.3, -0.25) is 4.79 Å². The fourth-order valence-corrected chi connectivity index (χ4v) is 3.25. The zero-order chi connectivity index (χ0) is 14.6. The Kier molecular flexibility index (Phi) is 4.76. The Balaban J connectivity index is 2.13. The van der Waals surface area contributed by atoms with Gasteiger partial charge in [0.25, 0.3) is 5.91 Å². The molecule has 0 aliphatic rings. The maximum absolute atomic E-state index is 12.4. The monoisotopic (exact) mass is 290 g/mol. The van der Waals surface area contributed by atoms with Gasteiger partial charge in [-0.2, -0.15) is 11.8 Å². The number of hydrogen-bond donors (Lipinski definition) is 2. The summed E-state index contributed by atoms with van der Waals surface area (Å²) in [5, 5.41) is 4.07. The molecule has 4 heteroatoms. The van der Waals surface area contributed by atoms with E-state index in [-0.39, 0.29) is 10.7 Å². The van der Waals surface area contributed by atoms with Gasteiger partial charge in [-0.1, -0.05) is 32.0 Å². The number of carbonyl (C=O) groups is 1. The summed E-state index contributed by atoms with van der Waals surface area (Å²) in [7, 11) is 0. The molecule has 0 saturated carbocycles. The molecule has 1 heterocycles. The predicted octanol–water partition coefficient (Wildman–Crippen LogP) is 3.82. The Labute approximate surface area is 124 Å². The fourth-order valence-electron chi connectivity index (χ4n) is 2.46. The molecule has 20 heavy (non-hydrogen) atoms. The van der Waals surface area contributed by atoms with Crippen LogP contribution in [-0.2, 0) is 0 Å². The Morgan fingerprint density at radius 1 is 1.30 bits per heavy atom. The van der Waals surface area contributed by atoms with Gasteiger partial charge >= 0.3 is 0 Å². The Hall–Kier alpha value is -1.42. The second-order valence-corrected chi connectivity index (χ2v) is 6.30. The minimum Gasteiger partial charge on any atom is -0.360 e. The van der Waals surface area contributed by atoms with E-state index in [1.54, 1.807) is 6.20 Å². The largest absolute Gasteiger partial charge is 0.360 e. The molecule has 0 spiro atoms. The lowest BCUT2D eigenvalue weighted by molar-refractivity contribution is 0.0950. The molecule has 0 aliphatic carbocycles. The number of nitrogens with one attached hydrogen (secondary N) is 2. The van der Waals surface area contributed by atoms with Crippen LogP contribution in [0, 0.1) is 0 Å². The molecule has 0 radical (unpaired) electrons. The van der Waals surface area contributed by atoms with Crippen LogP contribution in [0.3, 0.4) is 0 Å². The Morgan fingerprint density at radius 2 is 2.00 bits per heavy atom. The van der Waals surface area contributed by atoms with Crippen molar-refractivity contribution in [3.8, 4) is 0 Å². The third kappa shape index (κ3) is 2.85. The highest BCUT2D eigenvalue weighted by Crippen LogP contribution is 2.29. The molecule has 3 nitrogen and oxygen atoms in total. The third-order valence-corrected chi connectivity index (χ3v) is 5.71. The molecular formula is C16H22N2OS. The Morgan fingerprint density at radius 3 is 2.65 bits per heavy atom. The number of para-hydroxylation sites is 1. The average molecular weight is 290 g/mol. The smallest absolute Gasteiger partial charge is 0.253 e. The van der Waals surface area contributed by atoms with Crippen molar-refractivity contribution in [1.82, 2.24) is 10.3 Å². The number of H-pyrrole nitrogens is 1. The molecule has 2 aromatic rings. The molecule has 108 valence electrons. The summed E-state index contributed by atoms with van der Waals surface area (Å²) >= 11 is 1.84. The lowest BCUT2D eigenvalue weighted by atomic mass is 10.0. The molecule has 1 aromatic heterocycles. The van der Waals surface area contributed by atoms with E-state index >= 15 is 0 Å². The van der Waals surface area contributed by atoms with Crippen molar-refractivity contribution >= 4 is 28.6 Å². The van der Waals surface area contributed by atoms with E-state index in [9.17, 15) is 4.79 Å². The van der Waals surface area contributed by atoms with E-state index in [0.717, 1.165) is 29.3 Å². The molecule has 1 aromatic carbocycles. The number of thioether (sulfide) groups is 1. The van der Waals surface area contributed by atoms with Crippen molar-refractivity contribution in [1.29, 1.82) is 0 Å². The van der Waals surface area contributed by atoms with Gasteiger partial charge in [0, 0.05) is 28.4 Å². The van der Waals surface area contributed by atoms with Gasteiger partial charge in [0.1, 0.15) is 0 Å². The van der Waals surface area contributed by atoms with Crippen LogP contribution in [0.2, 0.25) is 0 Å². The van der Waals surface area contributed by atoms with Crippen LogP contribution >= 0.6 is 11.8 Å². The van der Waals surface area contributed by atoms with E-state index in [4.69, 9.17) is 0 Å². The van der Waals surface area contributed by atoms with Gasteiger partial charge in [0.2, 0.25) is 0 Å². The van der Waals surface area contributed by atoms with Gasteiger partial charge in [0.15, 0.2) is 0 Å². The van der Waals surface area contributed by atoms with Gasteiger partial charge in [0.05, 0.1) is 5.56 Å². The third-order valence-electron chi connectivity index (χ3n) is 4.13. The average Bonchev–Trinajstić information content (AvgIpc) is 2.93. The number of aromatic amines is 1. The van der Waals surface area contributed by atoms with Crippen LogP contribution in [0.1, 0.15) is 37.0 Å². The first-order chi connectivity index (χ1) is 9.65. The van der Waals surface area contributed by atoms with Crippen LogP contribution < -0.4 is 5.32 Å². The molecule has 2 rings (SSSR count). The lowest BCUT2D eigenvalue weighted by Gasteiger charge is -2.29. The highest BCUT2D eigenvalue weighted by Gasteiger charge is 2.26. The molecule has 0 saturated heterocycles. The first-order valence-electron chi connectivity index (χ1n) is 7.05. The summed E-state index contributed by atoms with van der Waals surface area (Å²) < 4.78 is 0.141. The normalized spacial score (nSPS) is 11.8. The summed E-state index contributed by atoms with van der Waals surface area (Å²) in [6, 6.07) is 7.88. The fraction of sp³-hybridized carbons (Fsp3) is 0.438. The van der Waals surface area contributed by atoms with Gasteiger partial charge in [-0.15, -0.1) is 0 Å². The first-order valence-corrected chi connectivity index (χ1v) is 8.27. The zero-order valence-corrected chi connectivity index (χ0v) is 13.1. The maximum Gasteiger partial charge on any atom is 0.253 e. The van der Waals surface area contributed by atoms with Crippen molar-refractivity contribution < 1.29 is 4.79 Å². The second-order valence-electron chi connectivity index (χ2n) is 5.02. The molecule has 1 amide bonds. The summed E-state index contributed by atoms with van der Waals surface area (Å²) in [4.78, 5) is 15.5. The SMILES string of the molecule is CCC(CC)(CNC(=O)c1c[nH]c2ccccc12)SC. The Bertz CT molecular complexity index is 579. The van der Waals surface area contributed by atoms with E-state index in [1.165, 1.54) is 0 Å². The van der Waals surface area contributed by atoms with Gasteiger partial charge in [-0.05, 0) is 25.2 Å².